The molecule has 1 aliphatic carbocycles. The number of aromatic nitrogens is 4. The highest BCUT2D eigenvalue weighted by Gasteiger charge is 2.45. The Morgan fingerprint density at radius 3 is 2.47 bits per heavy atom. The van der Waals surface area contributed by atoms with Gasteiger partial charge < -0.3 is 14.8 Å². The SMILES string of the molecule is c1cc2c(c(-c3ccc(-c4[nH]nc5ncc(-c6ccc7c(c6)CCC(N6C8COCC6C8)CC7)cc45)cc3)n1)NCCO2. The Balaban J connectivity index is 0.986. The number of ether oxygens (including phenoxy) is 2. The lowest BCUT2D eigenvalue weighted by molar-refractivity contribution is -0.148. The lowest BCUT2D eigenvalue weighted by Crippen LogP contribution is -2.66. The van der Waals surface area contributed by atoms with Crippen LogP contribution in [0.15, 0.2) is 67.0 Å². The molecule has 2 N–H and O–H groups in total. The minimum absolute atomic E-state index is 0.644. The topological polar surface area (TPSA) is 88.2 Å². The van der Waals surface area contributed by atoms with Gasteiger partial charge >= 0.3 is 0 Å². The van der Waals surface area contributed by atoms with E-state index in [9.17, 15) is 0 Å². The molecule has 3 aromatic heterocycles. The molecule has 3 atom stereocenters. The fourth-order valence-electron chi connectivity index (χ4n) is 7.69. The van der Waals surface area contributed by atoms with Crippen molar-refractivity contribution in [2.45, 2.75) is 50.2 Å². The largest absolute Gasteiger partial charge is 0.489 e. The molecule has 3 unspecified atom stereocenters. The van der Waals surface area contributed by atoms with Crippen molar-refractivity contribution >= 4 is 16.7 Å². The minimum atomic E-state index is 0.644. The molecule has 0 spiro atoms. The Bertz CT molecular complexity index is 1820. The third-order valence-corrected chi connectivity index (χ3v) is 9.89. The number of nitrogens with one attached hydrogen (secondary N) is 2. The first-order valence-electron chi connectivity index (χ1n) is 15.6. The number of pyridine rings is 2. The van der Waals surface area contributed by atoms with Gasteiger partial charge in [0.2, 0.25) is 0 Å². The maximum atomic E-state index is 5.81. The van der Waals surface area contributed by atoms with Crippen LogP contribution in [0.25, 0.3) is 44.7 Å². The van der Waals surface area contributed by atoms with Gasteiger partial charge in [0.05, 0.1) is 24.6 Å². The molecule has 0 radical (unpaired) electrons. The molecule has 9 rings (SSSR count). The maximum absolute atomic E-state index is 5.81. The van der Waals surface area contributed by atoms with Gasteiger partial charge in [-0.1, -0.05) is 42.5 Å². The van der Waals surface area contributed by atoms with Crippen LogP contribution in [0, 0.1) is 0 Å². The highest BCUT2D eigenvalue weighted by Crippen LogP contribution is 2.39. The summed E-state index contributed by atoms with van der Waals surface area (Å²) in [5.41, 5.74) is 11.0. The Morgan fingerprint density at radius 2 is 1.60 bits per heavy atom. The van der Waals surface area contributed by atoms with E-state index in [1.54, 1.807) is 6.20 Å². The van der Waals surface area contributed by atoms with Crippen molar-refractivity contribution in [2.24, 2.45) is 0 Å². The molecule has 2 saturated heterocycles. The predicted molar refractivity (Wildman–Crippen MR) is 167 cm³/mol. The van der Waals surface area contributed by atoms with E-state index in [4.69, 9.17) is 14.5 Å². The number of nitrogens with zero attached hydrogens (tertiary/aromatic N) is 4. The van der Waals surface area contributed by atoms with Crippen LogP contribution >= 0.6 is 0 Å². The Labute approximate surface area is 250 Å². The van der Waals surface area contributed by atoms with Gasteiger partial charge in [0.1, 0.15) is 18.0 Å². The number of aromatic amines is 1. The zero-order valence-electron chi connectivity index (χ0n) is 24.1. The van der Waals surface area contributed by atoms with E-state index >= 15 is 0 Å². The van der Waals surface area contributed by atoms with Gasteiger partial charge in [-0.2, -0.15) is 5.10 Å². The van der Waals surface area contributed by atoms with Crippen LogP contribution in [-0.4, -0.2) is 69.6 Å². The number of rotatable bonds is 4. The second kappa shape index (κ2) is 10.2. The van der Waals surface area contributed by atoms with Crippen LogP contribution in [0.3, 0.4) is 0 Å². The van der Waals surface area contributed by atoms with E-state index < -0.39 is 0 Å². The number of hydrogen-bond donors (Lipinski definition) is 2. The summed E-state index contributed by atoms with van der Waals surface area (Å²) >= 11 is 0. The van der Waals surface area contributed by atoms with Gasteiger partial charge in [0, 0.05) is 65.2 Å². The molecule has 6 heterocycles. The monoisotopic (exact) mass is 570 g/mol. The number of anilines is 1. The summed E-state index contributed by atoms with van der Waals surface area (Å²) in [6.45, 7) is 3.27. The number of H-pyrrole nitrogens is 1. The standard InChI is InChI=1S/C35H34N6O2/c1-6-25(15-24-8-10-27(9-7-21(1)24)41-28-17-29(41)20-42-19-28)26-16-30-32(39-40-35(30)38-18-26)22-2-4-23(5-3-22)33-34-31(11-12-36-33)43-14-13-37-34/h1-6,11-12,15-16,18,27-29,37H,7-10,13-14,17,19-20H2,(H,38,39,40). The normalized spacial score (nSPS) is 22.9. The van der Waals surface area contributed by atoms with Gasteiger partial charge in [0.15, 0.2) is 5.65 Å². The highest BCUT2D eigenvalue weighted by molar-refractivity contribution is 5.94. The fraction of sp³-hybridized carbons (Fsp3) is 0.343. The zero-order chi connectivity index (χ0) is 28.3. The zero-order valence-corrected chi connectivity index (χ0v) is 24.1. The molecule has 4 aliphatic rings. The van der Waals surface area contributed by atoms with Gasteiger partial charge in [0.25, 0.3) is 0 Å². The summed E-state index contributed by atoms with van der Waals surface area (Å²) in [4.78, 5) is 12.2. The van der Waals surface area contributed by atoms with Crippen LogP contribution in [0.2, 0.25) is 0 Å². The molecule has 3 aliphatic heterocycles. The van der Waals surface area contributed by atoms with E-state index in [2.05, 4.69) is 73.9 Å². The molecule has 0 amide bonds. The summed E-state index contributed by atoms with van der Waals surface area (Å²) < 4.78 is 11.6. The quantitative estimate of drug-likeness (QED) is 0.261. The Kier molecular flexibility index (Phi) is 5.97. The third kappa shape index (κ3) is 4.31. The smallest absolute Gasteiger partial charge is 0.181 e. The van der Waals surface area contributed by atoms with Crippen molar-refractivity contribution in [3.63, 3.8) is 0 Å². The van der Waals surface area contributed by atoms with Crippen LogP contribution in [0.5, 0.6) is 5.75 Å². The second-order valence-electron chi connectivity index (χ2n) is 12.3. The number of fused-ring (bicyclic) bond motifs is 5. The molecule has 8 nitrogen and oxygen atoms in total. The van der Waals surface area contributed by atoms with Crippen molar-refractivity contribution in [1.29, 1.82) is 0 Å². The van der Waals surface area contributed by atoms with Crippen LogP contribution in [0.4, 0.5) is 5.69 Å². The predicted octanol–water partition coefficient (Wildman–Crippen LogP) is 5.88. The first kappa shape index (κ1) is 25.2. The minimum Gasteiger partial charge on any atom is -0.489 e. The van der Waals surface area contributed by atoms with Gasteiger partial charge in [-0.25, -0.2) is 4.98 Å². The molecule has 0 saturated carbocycles. The maximum Gasteiger partial charge on any atom is 0.181 e. The number of benzene rings is 2. The van der Waals surface area contributed by atoms with E-state index in [0.717, 1.165) is 83.1 Å². The summed E-state index contributed by atoms with van der Waals surface area (Å²) in [6.07, 6.45) is 9.84. The van der Waals surface area contributed by atoms with E-state index in [-0.39, 0.29) is 0 Å². The van der Waals surface area contributed by atoms with E-state index in [1.165, 1.54) is 36.0 Å². The fourth-order valence-corrected chi connectivity index (χ4v) is 7.69. The second-order valence-corrected chi connectivity index (χ2v) is 12.3. The molecular formula is C35H34N6O2. The van der Waals surface area contributed by atoms with Gasteiger partial charge in [-0.3, -0.25) is 15.0 Å². The van der Waals surface area contributed by atoms with Crippen molar-refractivity contribution in [1.82, 2.24) is 25.1 Å². The average molecular weight is 571 g/mol. The molecule has 5 aromatic rings. The molecule has 2 aromatic carbocycles. The van der Waals surface area contributed by atoms with Gasteiger partial charge in [-0.15, -0.1) is 0 Å². The Morgan fingerprint density at radius 1 is 0.791 bits per heavy atom. The lowest BCUT2D eigenvalue weighted by atomic mass is 9.87. The molecule has 2 fully saturated rings. The van der Waals surface area contributed by atoms with Gasteiger partial charge in [-0.05, 0) is 54.9 Å². The number of hydrogen-bond acceptors (Lipinski definition) is 7. The van der Waals surface area contributed by atoms with E-state index in [1.807, 2.05) is 12.3 Å². The molecule has 216 valence electrons. The number of aryl methyl sites for hydroxylation is 2. The van der Waals surface area contributed by atoms with Crippen molar-refractivity contribution in [2.75, 3.05) is 31.7 Å². The third-order valence-electron chi connectivity index (χ3n) is 9.89. The van der Waals surface area contributed by atoms with E-state index in [0.29, 0.717) is 24.7 Å². The molecular weight excluding hydrogens is 536 g/mol. The molecule has 2 bridgehead atoms. The average Bonchev–Trinajstić information content (AvgIpc) is 3.38. The lowest BCUT2D eigenvalue weighted by Gasteiger charge is -2.56. The summed E-state index contributed by atoms with van der Waals surface area (Å²) in [5.74, 6) is 0.852. The summed E-state index contributed by atoms with van der Waals surface area (Å²) in [7, 11) is 0. The van der Waals surface area contributed by atoms with Crippen molar-refractivity contribution < 1.29 is 9.47 Å². The summed E-state index contributed by atoms with van der Waals surface area (Å²) in [6, 6.07) is 21.6. The molecule has 43 heavy (non-hydrogen) atoms. The van der Waals surface area contributed by atoms with Crippen molar-refractivity contribution in [3.8, 4) is 39.4 Å². The van der Waals surface area contributed by atoms with Crippen LogP contribution in [-0.2, 0) is 17.6 Å². The first-order chi connectivity index (χ1) is 21.3. The number of morpholine rings is 1. The first-order valence-corrected chi connectivity index (χ1v) is 15.6. The molecule has 8 heteroatoms. The highest BCUT2D eigenvalue weighted by atomic mass is 16.5. The van der Waals surface area contributed by atoms with Crippen molar-refractivity contribution in [3.05, 3.63) is 78.1 Å². The van der Waals surface area contributed by atoms with Crippen LogP contribution in [0.1, 0.15) is 30.4 Å². The Hall–Kier alpha value is -4.27. The summed E-state index contributed by atoms with van der Waals surface area (Å²) in [5, 5.41) is 12.2. The van der Waals surface area contributed by atoms with Crippen LogP contribution < -0.4 is 10.1 Å².